The standard InChI is InChI=1S/C3H6O2.C2H4O2.3C2H6O.2C2H4O.3CH4O/c1-3(4)5-2;1-2(3)4;3*1-3-2;2*1-2-3;3*1-2/h1-2H3;1H3,(H,3,4);3*1-2H3;2*2H,1H3;3*2H,1H3. The number of aliphatic hydroxyl groups is 3. The van der Waals surface area contributed by atoms with Gasteiger partial charge >= 0.3 is 5.97 Å². The molecule has 0 heterocycles. The first-order chi connectivity index (χ1) is 14.1. The zero-order valence-electron chi connectivity index (χ0n) is 21.2. The molecule has 30 heavy (non-hydrogen) atoms. The maximum Gasteiger partial charge on any atom is 0.302 e. The quantitative estimate of drug-likeness (QED) is 0.289. The summed E-state index contributed by atoms with van der Waals surface area (Å²) < 4.78 is 16.9. The molecule has 0 bridgehead atoms. The minimum absolute atomic E-state index is 0.245. The van der Waals surface area contributed by atoms with Crippen molar-refractivity contribution >= 4 is 24.5 Å². The largest absolute Gasteiger partial charge is 0.481 e. The van der Waals surface area contributed by atoms with Gasteiger partial charge in [-0.2, -0.15) is 0 Å². The fraction of sp³-hybridized carbons (Fsp3) is 0.778. The SMILES string of the molecule is CC(=O)O.CC=O.CC=O.CO.CO.CO.COC.COC.COC.COC(C)=O. The summed E-state index contributed by atoms with van der Waals surface area (Å²) in [5, 5.41) is 28.4. The van der Waals surface area contributed by atoms with Crippen LogP contribution in [0.25, 0.3) is 0 Å². The van der Waals surface area contributed by atoms with Gasteiger partial charge in [-0.25, -0.2) is 0 Å². The monoisotopic (exact) mass is 456 g/mol. The molecular weight excluding hydrogens is 408 g/mol. The molecule has 0 fully saturated rings. The lowest BCUT2D eigenvalue weighted by Gasteiger charge is -1.80. The highest BCUT2D eigenvalue weighted by Crippen LogP contribution is 1.60. The molecular formula is C18H48O12. The minimum atomic E-state index is -0.833. The van der Waals surface area contributed by atoms with Gasteiger partial charge in [0.25, 0.3) is 5.97 Å². The number of hydrogen-bond donors (Lipinski definition) is 4. The lowest BCUT2D eigenvalue weighted by Crippen LogP contribution is -1.88. The van der Waals surface area contributed by atoms with Crippen LogP contribution in [0.1, 0.15) is 27.7 Å². The second-order valence-corrected chi connectivity index (χ2v) is 2.91. The zero-order chi connectivity index (χ0) is 27.4. The molecule has 0 radical (unpaired) electrons. The number of ether oxygens (including phenoxy) is 4. The molecule has 192 valence electrons. The van der Waals surface area contributed by atoms with Crippen LogP contribution in [-0.4, -0.2) is 116 Å². The van der Waals surface area contributed by atoms with Gasteiger partial charge in [-0.1, -0.05) is 0 Å². The number of carboxylic acids is 1. The third-order valence-corrected chi connectivity index (χ3v) is 0.287. The van der Waals surface area contributed by atoms with Gasteiger partial charge in [-0.05, 0) is 13.8 Å². The average molecular weight is 457 g/mol. The summed E-state index contributed by atoms with van der Waals surface area (Å²) >= 11 is 0. The predicted octanol–water partition coefficient (Wildman–Crippen LogP) is 0.294. The summed E-state index contributed by atoms with van der Waals surface area (Å²) in [5.74, 6) is -1.08. The van der Waals surface area contributed by atoms with E-state index in [1.165, 1.54) is 27.9 Å². The number of rotatable bonds is 0. The number of carboxylic acid groups (broad SMARTS) is 1. The van der Waals surface area contributed by atoms with Crippen LogP contribution in [0, 0.1) is 0 Å². The van der Waals surface area contributed by atoms with Crippen molar-refractivity contribution in [1.29, 1.82) is 0 Å². The first kappa shape index (κ1) is 63.0. The van der Waals surface area contributed by atoms with Crippen LogP contribution in [0.3, 0.4) is 0 Å². The van der Waals surface area contributed by atoms with E-state index in [0.717, 1.165) is 40.8 Å². The maximum atomic E-state index is 9.59. The summed E-state index contributed by atoms with van der Waals surface area (Å²) in [4.78, 5) is 36.2. The first-order valence-corrected chi connectivity index (χ1v) is 7.66. The number of aliphatic hydroxyl groups excluding tert-OH is 3. The van der Waals surface area contributed by atoms with E-state index >= 15 is 0 Å². The van der Waals surface area contributed by atoms with E-state index in [0.29, 0.717) is 0 Å². The van der Waals surface area contributed by atoms with E-state index in [1.54, 1.807) is 42.7 Å². The Morgan fingerprint density at radius 3 is 0.633 bits per heavy atom. The van der Waals surface area contributed by atoms with Crippen LogP contribution < -0.4 is 0 Å². The van der Waals surface area contributed by atoms with Gasteiger partial charge in [0.1, 0.15) is 12.6 Å². The van der Waals surface area contributed by atoms with Crippen LogP contribution in [-0.2, 0) is 38.1 Å². The van der Waals surface area contributed by atoms with Gasteiger partial charge in [-0.15, -0.1) is 0 Å². The second-order valence-electron chi connectivity index (χ2n) is 2.91. The van der Waals surface area contributed by atoms with Crippen LogP contribution in [0.15, 0.2) is 0 Å². The third kappa shape index (κ3) is 10200000. The van der Waals surface area contributed by atoms with Crippen molar-refractivity contribution < 1.29 is 58.6 Å². The second kappa shape index (κ2) is 182. The topological polar surface area (TPSA) is 186 Å². The molecule has 0 amide bonds. The number of methoxy groups -OCH3 is 4. The minimum Gasteiger partial charge on any atom is -0.481 e. The Labute approximate surface area is 182 Å². The van der Waals surface area contributed by atoms with Gasteiger partial charge in [0.15, 0.2) is 0 Å². The molecule has 4 N–H and O–H groups in total. The molecule has 12 heteroatoms. The van der Waals surface area contributed by atoms with Crippen LogP contribution in [0.2, 0.25) is 0 Å². The Hall–Kier alpha value is -1.96. The number of carbonyl (C=O) groups excluding carboxylic acids is 3. The van der Waals surface area contributed by atoms with Gasteiger partial charge in [0, 0.05) is 77.8 Å². The molecule has 0 spiro atoms. The van der Waals surface area contributed by atoms with Gasteiger partial charge in [0.05, 0.1) is 7.11 Å². The van der Waals surface area contributed by atoms with E-state index < -0.39 is 5.97 Å². The van der Waals surface area contributed by atoms with E-state index in [2.05, 4.69) is 18.9 Å². The highest BCUT2D eigenvalue weighted by Gasteiger charge is 1.75. The summed E-state index contributed by atoms with van der Waals surface area (Å²) in [5.41, 5.74) is 0. The summed E-state index contributed by atoms with van der Waals surface area (Å²) in [7, 11) is 14.1. The van der Waals surface area contributed by atoms with E-state index in [9.17, 15) is 4.79 Å². The average Bonchev–Trinajstić information content (AvgIpc) is 2.69. The zero-order valence-corrected chi connectivity index (χ0v) is 21.2. The van der Waals surface area contributed by atoms with Gasteiger partial charge in [-0.3, -0.25) is 9.59 Å². The van der Waals surface area contributed by atoms with Crippen LogP contribution >= 0.6 is 0 Å². The van der Waals surface area contributed by atoms with Crippen molar-refractivity contribution in [3.05, 3.63) is 0 Å². The number of esters is 1. The Morgan fingerprint density at radius 1 is 0.600 bits per heavy atom. The Bertz CT molecular complexity index is 199. The fourth-order valence-corrected chi connectivity index (χ4v) is 0. The van der Waals surface area contributed by atoms with E-state index in [4.69, 9.17) is 34.8 Å². The molecule has 12 nitrogen and oxygen atoms in total. The van der Waals surface area contributed by atoms with Crippen molar-refractivity contribution in [3.63, 3.8) is 0 Å². The third-order valence-electron chi connectivity index (χ3n) is 0.287. The maximum absolute atomic E-state index is 9.59. The highest BCUT2D eigenvalue weighted by atomic mass is 16.5. The first-order valence-electron chi connectivity index (χ1n) is 7.66. The lowest BCUT2D eigenvalue weighted by molar-refractivity contribution is -0.138. The number of aldehydes is 2. The van der Waals surface area contributed by atoms with Crippen molar-refractivity contribution in [2.45, 2.75) is 27.7 Å². The molecule has 0 saturated carbocycles. The van der Waals surface area contributed by atoms with Crippen LogP contribution in [0.5, 0.6) is 0 Å². The van der Waals surface area contributed by atoms with Crippen molar-refractivity contribution in [3.8, 4) is 0 Å². The molecule has 0 aliphatic carbocycles. The van der Waals surface area contributed by atoms with E-state index in [1.807, 2.05) is 0 Å². The summed E-state index contributed by atoms with van der Waals surface area (Å²) in [6, 6.07) is 0. The van der Waals surface area contributed by atoms with Gasteiger partial charge < -0.3 is 49.0 Å². The fourth-order valence-electron chi connectivity index (χ4n) is 0. The molecule has 0 atom stereocenters. The number of aliphatic carboxylic acids is 1. The molecule has 0 aromatic carbocycles. The molecule has 0 aliphatic heterocycles. The van der Waals surface area contributed by atoms with Crippen molar-refractivity contribution in [2.24, 2.45) is 0 Å². The Balaban J connectivity index is -0.0000000188. The van der Waals surface area contributed by atoms with Crippen LogP contribution in [0.4, 0.5) is 0 Å². The van der Waals surface area contributed by atoms with Crippen molar-refractivity contribution in [1.82, 2.24) is 0 Å². The smallest absolute Gasteiger partial charge is 0.302 e. The molecule has 0 unspecified atom stereocenters. The molecule has 0 rings (SSSR count). The highest BCUT2D eigenvalue weighted by molar-refractivity contribution is 5.65. The van der Waals surface area contributed by atoms with Gasteiger partial charge in [0.2, 0.25) is 0 Å². The lowest BCUT2D eigenvalue weighted by atomic mass is 10.8. The predicted molar refractivity (Wildman–Crippen MR) is 118 cm³/mol. The number of hydrogen-bond acceptors (Lipinski definition) is 11. The Morgan fingerprint density at radius 2 is 0.633 bits per heavy atom. The Kier molecular flexibility index (Phi) is 382. The molecule has 0 aromatic rings. The normalized spacial score (nSPS) is 5.23. The molecule has 0 aromatic heterocycles. The molecule has 0 aliphatic rings. The number of carbonyl (C=O) groups is 4. The van der Waals surface area contributed by atoms with Crippen molar-refractivity contribution in [2.75, 3.05) is 71.1 Å². The summed E-state index contributed by atoms with van der Waals surface area (Å²) in [6.07, 6.45) is 1.50. The summed E-state index contributed by atoms with van der Waals surface area (Å²) in [6.45, 7) is 5.33. The van der Waals surface area contributed by atoms with E-state index in [-0.39, 0.29) is 5.97 Å². The molecule has 0 saturated heterocycles.